The standard InChI is InChI=1S/C8H11N3O3/c12-2-1-3-14-8-5-9-4-7(11-8)10-6-13/h4-6,12H,1-3H2,(H,10,11,13). The highest BCUT2D eigenvalue weighted by atomic mass is 16.5. The van der Waals surface area contributed by atoms with Gasteiger partial charge in [0.25, 0.3) is 0 Å². The Morgan fingerprint density at radius 2 is 2.43 bits per heavy atom. The van der Waals surface area contributed by atoms with E-state index in [-0.39, 0.29) is 6.61 Å². The Bertz CT molecular complexity index is 293. The maximum Gasteiger partial charge on any atom is 0.234 e. The number of aromatic nitrogens is 2. The number of hydrogen-bond donors (Lipinski definition) is 2. The van der Waals surface area contributed by atoms with Gasteiger partial charge in [-0.3, -0.25) is 9.78 Å². The number of amides is 1. The largest absolute Gasteiger partial charge is 0.476 e. The fourth-order valence-corrected chi connectivity index (χ4v) is 0.789. The van der Waals surface area contributed by atoms with Crippen molar-refractivity contribution in [1.82, 2.24) is 9.97 Å². The molecule has 0 spiro atoms. The molecule has 6 nitrogen and oxygen atoms in total. The van der Waals surface area contributed by atoms with Crippen molar-refractivity contribution in [3.05, 3.63) is 12.4 Å². The molecule has 1 rings (SSSR count). The summed E-state index contributed by atoms with van der Waals surface area (Å²) in [4.78, 5) is 17.8. The minimum Gasteiger partial charge on any atom is -0.476 e. The molecule has 0 aliphatic carbocycles. The first kappa shape index (κ1) is 10.4. The summed E-state index contributed by atoms with van der Waals surface area (Å²) in [5.74, 6) is 0.659. The van der Waals surface area contributed by atoms with Gasteiger partial charge in [0.15, 0.2) is 5.82 Å². The van der Waals surface area contributed by atoms with E-state index in [0.717, 1.165) is 0 Å². The zero-order valence-corrected chi connectivity index (χ0v) is 7.51. The number of ether oxygens (including phenoxy) is 1. The van der Waals surface area contributed by atoms with E-state index >= 15 is 0 Å². The van der Waals surface area contributed by atoms with Gasteiger partial charge < -0.3 is 15.2 Å². The first-order chi connectivity index (χ1) is 6.86. The Labute approximate surface area is 80.9 Å². The topological polar surface area (TPSA) is 84.3 Å². The highest BCUT2D eigenvalue weighted by Gasteiger charge is 1.98. The van der Waals surface area contributed by atoms with Crippen LogP contribution < -0.4 is 10.1 Å². The van der Waals surface area contributed by atoms with Crippen LogP contribution in [0.5, 0.6) is 5.88 Å². The minimum absolute atomic E-state index is 0.0692. The lowest BCUT2D eigenvalue weighted by Crippen LogP contribution is -2.04. The molecule has 14 heavy (non-hydrogen) atoms. The molecule has 1 aromatic rings. The van der Waals surface area contributed by atoms with Crippen molar-refractivity contribution in [2.24, 2.45) is 0 Å². The maximum absolute atomic E-state index is 10.1. The van der Waals surface area contributed by atoms with Gasteiger partial charge in [0.2, 0.25) is 12.3 Å². The molecule has 0 saturated heterocycles. The molecule has 0 fully saturated rings. The molecule has 1 amide bonds. The maximum atomic E-state index is 10.1. The molecule has 0 radical (unpaired) electrons. The number of hydrogen-bond acceptors (Lipinski definition) is 5. The molecule has 1 heterocycles. The van der Waals surface area contributed by atoms with Gasteiger partial charge in [0.05, 0.1) is 19.0 Å². The number of rotatable bonds is 6. The fraction of sp³-hybridized carbons (Fsp3) is 0.375. The van der Waals surface area contributed by atoms with Crippen molar-refractivity contribution in [2.75, 3.05) is 18.5 Å². The predicted octanol–water partition coefficient (Wildman–Crippen LogP) is -0.194. The monoisotopic (exact) mass is 197 g/mol. The smallest absolute Gasteiger partial charge is 0.234 e. The number of carbonyl (C=O) groups excluding carboxylic acids is 1. The van der Waals surface area contributed by atoms with Gasteiger partial charge in [-0.25, -0.2) is 0 Å². The van der Waals surface area contributed by atoms with E-state index in [0.29, 0.717) is 31.1 Å². The van der Waals surface area contributed by atoms with Gasteiger partial charge in [-0.05, 0) is 0 Å². The van der Waals surface area contributed by atoms with Gasteiger partial charge in [-0.15, -0.1) is 0 Å². The summed E-state index contributed by atoms with van der Waals surface area (Å²) >= 11 is 0. The lowest BCUT2D eigenvalue weighted by atomic mass is 10.5. The summed E-state index contributed by atoms with van der Waals surface area (Å²) < 4.78 is 5.14. The molecule has 0 atom stereocenters. The average molecular weight is 197 g/mol. The molecule has 0 unspecified atom stereocenters. The summed E-state index contributed by atoms with van der Waals surface area (Å²) in [6.45, 7) is 0.440. The Hall–Kier alpha value is -1.69. The number of nitrogens with zero attached hydrogens (tertiary/aromatic N) is 2. The third kappa shape index (κ3) is 3.36. The van der Waals surface area contributed by atoms with E-state index in [9.17, 15) is 4.79 Å². The van der Waals surface area contributed by atoms with Crippen LogP contribution in [0, 0.1) is 0 Å². The first-order valence-corrected chi connectivity index (χ1v) is 4.12. The van der Waals surface area contributed by atoms with E-state index < -0.39 is 0 Å². The molecule has 6 heteroatoms. The lowest BCUT2D eigenvalue weighted by Gasteiger charge is -2.04. The number of anilines is 1. The summed E-state index contributed by atoms with van der Waals surface area (Å²) in [6.07, 6.45) is 3.90. The molecule has 0 aromatic carbocycles. The molecule has 0 bridgehead atoms. The van der Waals surface area contributed by atoms with Gasteiger partial charge in [-0.1, -0.05) is 0 Å². The van der Waals surface area contributed by atoms with E-state index in [1.807, 2.05) is 0 Å². The Morgan fingerprint density at radius 1 is 1.57 bits per heavy atom. The molecule has 0 saturated carbocycles. The second-order valence-corrected chi connectivity index (χ2v) is 2.43. The second kappa shape index (κ2) is 5.87. The van der Waals surface area contributed by atoms with Crippen LogP contribution in [0.2, 0.25) is 0 Å². The SMILES string of the molecule is O=CNc1cncc(OCCCO)n1. The van der Waals surface area contributed by atoms with Crippen LogP contribution in [0.1, 0.15) is 6.42 Å². The number of aliphatic hydroxyl groups is 1. The van der Waals surface area contributed by atoms with Gasteiger partial charge in [0.1, 0.15) is 0 Å². The van der Waals surface area contributed by atoms with Crippen molar-refractivity contribution in [3.63, 3.8) is 0 Å². The normalized spacial score (nSPS) is 9.50. The number of carbonyl (C=O) groups is 1. The second-order valence-electron chi connectivity index (χ2n) is 2.43. The van der Waals surface area contributed by atoms with Crippen LogP contribution in [-0.2, 0) is 4.79 Å². The predicted molar refractivity (Wildman–Crippen MR) is 48.9 cm³/mol. The Kier molecular flexibility index (Phi) is 4.36. The van der Waals surface area contributed by atoms with Crippen molar-refractivity contribution < 1.29 is 14.6 Å². The van der Waals surface area contributed by atoms with Gasteiger partial charge in [0, 0.05) is 13.0 Å². The summed E-state index contributed by atoms with van der Waals surface area (Å²) in [5.41, 5.74) is 0. The average Bonchev–Trinajstić information content (AvgIpc) is 2.19. The summed E-state index contributed by atoms with van der Waals surface area (Å²) in [7, 11) is 0. The molecule has 1 aromatic heterocycles. The van der Waals surface area contributed by atoms with Gasteiger partial charge >= 0.3 is 0 Å². The van der Waals surface area contributed by atoms with E-state index in [1.165, 1.54) is 12.4 Å². The molecular weight excluding hydrogens is 186 g/mol. The minimum atomic E-state index is 0.0692. The number of nitrogens with one attached hydrogen (secondary N) is 1. The number of aliphatic hydroxyl groups excluding tert-OH is 1. The summed E-state index contributed by atoms with van der Waals surface area (Å²) in [5, 5.41) is 10.9. The quantitative estimate of drug-likeness (QED) is 0.487. The Balaban J connectivity index is 2.50. The van der Waals surface area contributed by atoms with Crippen LogP contribution in [0.4, 0.5) is 5.82 Å². The van der Waals surface area contributed by atoms with Gasteiger partial charge in [-0.2, -0.15) is 4.98 Å². The highest BCUT2D eigenvalue weighted by Crippen LogP contribution is 2.08. The van der Waals surface area contributed by atoms with E-state index in [4.69, 9.17) is 9.84 Å². The van der Waals surface area contributed by atoms with Crippen LogP contribution in [0.15, 0.2) is 12.4 Å². The Morgan fingerprint density at radius 3 is 3.14 bits per heavy atom. The molecular formula is C8H11N3O3. The first-order valence-electron chi connectivity index (χ1n) is 4.12. The van der Waals surface area contributed by atoms with Crippen LogP contribution in [0.25, 0.3) is 0 Å². The lowest BCUT2D eigenvalue weighted by molar-refractivity contribution is -0.105. The van der Waals surface area contributed by atoms with E-state index in [2.05, 4.69) is 15.3 Å². The van der Waals surface area contributed by atoms with Crippen molar-refractivity contribution in [3.8, 4) is 5.88 Å². The van der Waals surface area contributed by atoms with Crippen molar-refractivity contribution in [2.45, 2.75) is 6.42 Å². The van der Waals surface area contributed by atoms with Crippen LogP contribution in [-0.4, -0.2) is 34.7 Å². The molecule has 0 aliphatic rings. The highest BCUT2D eigenvalue weighted by molar-refractivity contribution is 5.68. The molecule has 2 N–H and O–H groups in total. The van der Waals surface area contributed by atoms with Crippen molar-refractivity contribution in [1.29, 1.82) is 0 Å². The van der Waals surface area contributed by atoms with Crippen LogP contribution >= 0.6 is 0 Å². The van der Waals surface area contributed by atoms with E-state index in [1.54, 1.807) is 0 Å². The molecule has 76 valence electrons. The summed E-state index contributed by atoms with van der Waals surface area (Å²) in [6, 6.07) is 0. The fourth-order valence-electron chi connectivity index (χ4n) is 0.789. The molecule has 0 aliphatic heterocycles. The third-order valence-electron chi connectivity index (χ3n) is 1.37. The zero-order valence-electron chi connectivity index (χ0n) is 7.51. The van der Waals surface area contributed by atoms with Crippen LogP contribution in [0.3, 0.4) is 0 Å². The zero-order chi connectivity index (χ0) is 10.2. The van der Waals surface area contributed by atoms with Crippen molar-refractivity contribution >= 4 is 12.2 Å². The third-order valence-corrected chi connectivity index (χ3v) is 1.37.